The van der Waals surface area contributed by atoms with E-state index in [9.17, 15) is 5.21 Å². The van der Waals surface area contributed by atoms with E-state index in [1.165, 1.54) is 0 Å². The first-order chi connectivity index (χ1) is 16.2. The quantitative estimate of drug-likeness (QED) is 0.154. The third-order valence-corrected chi connectivity index (χ3v) is 5.96. The molecule has 0 aliphatic carbocycles. The first-order valence-corrected chi connectivity index (χ1v) is 11.0. The summed E-state index contributed by atoms with van der Waals surface area (Å²) < 4.78 is 12.2. The largest absolute Gasteiger partial charge is 0.456 e. The van der Waals surface area contributed by atoms with Gasteiger partial charge < -0.3 is 19.3 Å². The first-order valence-electron chi connectivity index (χ1n) is 11.0. The topological polar surface area (TPSA) is 74.3 Å². The van der Waals surface area contributed by atoms with Crippen molar-refractivity contribution in [2.75, 3.05) is 32.7 Å². The molecule has 7 heteroatoms. The van der Waals surface area contributed by atoms with Gasteiger partial charge in [0.15, 0.2) is 5.84 Å². The van der Waals surface area contributed by atoms with Crippen LogP contribution in [0.25, 0.3) is 21.9 Å². The Kier molecular flexibility index (Phi) is 5.71. The molecule has 0 spiro atoms. The molecule has 1 fully saturated rings. The summed E-state index contributed by atoms with van der Waals surface area (Å²) in [5.41, 5.74) is 3.11. The van der Waals surface area contributed by atoms with Gasteiger partial charge in [-0.05, 0) is 43.3 Å². The number of furan rings is 1. The van der Waals surface area contributed by atoms with Gasteiger partial charge in [0.2, 0.25) is 5.88 Å². The van der Waals surface area contributed by atoms with E-state index in [0.717, 1.165) is 60.4 Å². The fraction of sp³-hybridized carbons (Fsp3) is 0.231. The number of aromatic nitrogens is 1. The Balaban J connectivity index is 1.46. The minimum Gasteiger partial charge on any atom is -0.456 e. The maximum absolute atomic E-state index is 9.91. The zero-order valence-electron chi connectivity index (χ0n) is 18.6. The predicted molar refractivity (Wildman–Crippen MR) is 129 cm³/mol. The zero-order valence-corrected chi connectivity index (χ0v) is 18.6. The van der Waals surface area contributed by atoms with E-state index in [4.69, 9.17) is 9.15 Å². The number of rotatable bonds is 5. The molecule has 33 heavy (non-hydrogen) atoms. The number of fused-ring (bicyclic) bond motifs is 3. The van der Waals surface area contributed by atoms with E-state index in [0.29, 0.717) is 23.0 Å². The molecule has 0 radical (unpaired) electrons. The molecule has 168 valence electrons. The molecule has 0 unspecified atom stereocenters. The van der Waals surface area contributed by atoms with Gasteiger partial charge in [-0.2, -0.15) is 0 Å². The van der Waals surface area contributed by atoms with Crippen LogP contribution >= 0.6 is 0 Å². The molecule has 2 aromatic carbocycles. The number of amidine groups is 1. The number of oxime groups is 1. The first kappa shape index (κ1) is 21.0. The molecule has 0 saturated carbocycles. The normalized spacial score (nSPS) is 15.3. The third kappa shape index (κ3) is 4.15. The van der Waals surface area contributed by atoms with Crippen molar-refractivity contribution in [3.63, 3.8) is 0 Å². The highest BCUT2D eigenvalue weighted by atomic mass is 16.5. The summed E-state index contributed by atoms with van der Waals surface area (Å²) in [4.78, 5) is 8.99. The van der Waals surface area contributed by atoms with Gasteiger partial charge in [0, 0.05) is 49.2 Å². The maximum Gasteiger partial charge on any atom is 0.230 e. The number of aryl methyl sites for hydroxylation is 1. The SMILES string of the molecule is C=CCN1CCN(/C(=N\O)c2ccc(C)nc2Oc2ccc3oc4ccccc4c3c2)CC1. The number of para-hydroxylation sites is 1. The average Bonchev–Trinajstić information content (AvgIpc) is 3.20. The summed E-state index contributed by atoms with van der Waals surface area (Å²) >= 11 is 0. The summed E-state index contributed by atoms with van der Waals surface area (Å²) in [6, 6.07) is 17.4. The van der Waals surface area contributed by atoms with Crippen molar-refractivity contribution in [3.05, 3.63) is 78.5 Å². The van der Waals surface area contributed by atoms with Gasteiger partial charge in [0.25, 0.3) is 0 Å². The Morgan fingerprint density at radius 3 is 2.67 bits per heavy atom. The lowest BCUT2D eigenvalue weighted by atomic mass is 10.1. The minimum atomic E-state index is 0.406. The number of hydrogen-bond donors (Lipinski definition) is 1. The summed E-state index contributed by atoms with van der Waals surface area (Å²) in [6.07, 6.45) is 1.91. The molecule has 4 aromatic rings. The standard InChI is InChI=1S/C26H26N4O3/c1-3-12-29-13-15-30(16-14-29)25(28-31)21-10-8-18(2)27-26(21)32-19-9-11-24-22(17-19)20-6-4-5-7-23(20)33-24/h3-11,17,31H,1,12-16H2,2H3/b28-25-. The van der Waals surface area contributed by atoms with E-state index < -0.39 is 0 Å². The van der Waals surface area contributed by atoms with Gasteiger partial charge >= 0.3 is 0 Å². The molecule has 3 heterocycles. The molecular formula is C26H26N4O3. The molecule has 1 aliphatic heterocycles. The highest BCUT2D eigenvalue weighted by molar-refractivity contribution is 6.05. The van der Waals surface area contributed by atoms with E-state index in [1.54, 1.807) is 0 Å². The molecule has 0 bridgehead atoms. The monoisotopic (exact) mass is 442 g/mol. The highest BCUT2D eigenvalue weighted by Gasteiger charge is 2.24. The minimum absolute atomic E-state index is 0.406. The van der Waals surface area contributed by atoms with Crippen LogP contribution < -0.4 is 4.74 Å². The van der Waals surface area contributed by atoms with Gasteiger partial charge in [-0.15, -0.1) is 6.58 Å². The lowest BCUT2D eigenvalue weighted by Gasteiger charge is -2.35. The number of ether oxygens (including phenoxy) is 1. The van der Waals surface area contributed by atoms with Crippen molar-refractivity contribution in [2.45, 2.75) is 6.92 Å². The molecule has 0 amide bonds. The number of piperazine rings is 1. The Morgan fingerprint density at radius 1 is 1.09 bits per heavy atom. The smallest absolute Gasteiger partial charge is 0.230 e. The van der Waals surface area contributed by atoms with E-state index >= 15 is 0 Å². The number of benzene rings is 2. The van der Waals surface area contributed by atoms with Gasteiger partial charge in [0.05, 0.1) is 5.56 Å². The van der Waals surface area contributed by atoms with Crippen molar-refractivity contribution in [1.82, 2.24) is 14.8 Å². The molecular weight excluding hydrogens is 416 g/mol. The molecule has 7 nitrogen and oxygen atoms in total. The van der Waals surface area contributed by atoms with Gasteiger partial charge in [-0.1, -0.05) is 29.4 Å². The molecule has 1 saturated heterocycles. The number of pyridine rings is 1. The van der Waals surface area contributed by atoms with Crippen molar-refractivity contribution < 1.29 is 14.4 Å². The summed E-state index contributed by atoms with van der Waals surface area (Å²) in [5, 5.41) is 15.6. The van der Waals surface area contributed by atoms with Crippen LogP contribution in [0.3, 0.4) is 0 Å². The van der Waals surface area contributed by atoms with E-state index in [2.05, 4.69) is 26.5 Å². The Labute approximate surface area is 192 Å². The van der Waals surface area contributed by atoms with Crippen LogP contribution in [0.4, 0.5) is 0 Å². The molecule has 1 aliphatic rings. The number of nitrogens with zero attached hydrogens (tertiary/aromatic N) is 4. The second kappa shape index (κ2) is 8.96. The van der Waals surface area contributed by atoms with E-state index in [1.807, 2.05) is 67.6 Å². The fourth-order valence-corrected chi connectivity index (χ4v) is 4.27. The van der Waals surface area contributed by atoms with Gasteiger partial charge in [-0.3, -0.25) is 4.90 Å². The van der Waals surface area contributed by atoms with Crippen molar-refractivity contribution in [1.29, 1.82) is 0 Å². The van der Waals surface area contributed by atoms with Gasteiger partial charge in [0.1, 0.15) is 16.9 Å². The van der Waals surface area contributed by atoms with Crippen LogP contribution in [0, 0.1) is 6.92 Å². The maximum atomic E-state index is 9.91. The summed E-state index contributed by atoms with van der Waals surface area (Å²) in [7, 11) is 0. The third-order valence-electron chi connectivity index (χ3n) is 5.96. The summed E-state index contributed by atoms with van der Waals surface area (Å²) in [5.74, 6) is 1.51. The molecule has 0 atom stereocenters. The predicted octanol–water partition coefficient (Wildman–Crippen LogP) is 5.02. The average molecular weight is 443 g/mol. The van der Waals surface area contributed by atoms with Crippen molar-refractivity contribution in [3.8, 4) is 11.6 Å². The van der Waals surface area contributed by atoms with E-state index in [-0.39, 0.29) is 0 Å². The molecule has 5 rings (SSSR count). The van der Waals surface area contributed by atoms with Crippen LogP contribution in [0.2, 0.25) is 0 Å². The molecule has 2 aromatic heterocycles. The Hall–Kier alpha value is -3.84. The van der Waals surface area contributed by atoms with Crippen molar-refractivity contribution in [2.24, 2.45) is 5.16 Å². The Bertz CT molecular complexity index is 1340. The van der Waals surface area contributed by atoms with Crippen molar-refractivity contribution >= 4 is 27.8 Å². The van der Waals surface area contributed by atoms with Crippen LogP contribution in [0.1, 0.15) is 11.3 Å². The fourth-order valence-electron chi connectivity index (χ4n) is 4.27. The molecule has 1 N–H and O–H groups in total. The second-order valence-corrected chi connectivity index (χ2v) is 8.16. The highest BCUT2D eigenvalue weighted by Crippen LogP contribution is 2.33. The summed E-state index contributed by atoms with van der Waals surface area (Å²) in [6.45, 7) is 9.80. The lowest BCUT2D eigenvalue weighted by molar-refractivity contribution is 0.192. The van der Waals surface area contributed by atoms with Crippen LogP contribution in [-0.2, 0) is 0 Å². The lowest BCUT2D eigenvalue weighted by Crippen LogP contribution is -2.49. The zero-order chi connectivity index (χ0) is 22.8. The Morgan fingerprint density at radius 2 is 1.88 bits per heavy atom. The van der Waals surface area contributed by atoms with Crippen LogP contribution in [0.5, 0.6) is 11.6 Å². The van der Waals surface area contributed by atoms with Crippen LogP contribution in [0.15, 0.2) is 76.8 Å². The second-order valence-electron chi connectivity index (χ2n) is 8.16. The van der Waals surface area contributed by atoms with Gasteiger partial charge in [-0.25, -0.2) is 4.98 Å². The number of hydrogen-bond acceptors (Lipinski definition) is 6. The van der Waals surface area contributed by atoms with Crippen LogP contribution in [-0.4, -0.2) is 58.6 Å².